The molecule has 8 heteroatoms. The molecule has 0 aromatic heterocycles. The monoisotopic (exact) mass is 437 g/mol. The Morgan fingerprint density at radius 1 is 1.07 bits per heavy atom. The van der Waals surface area contributed by atoms with Crippen molar-refractivity contribution in [3.63, 3.8) is 0 Å². The molecule has 1 aliphatic carbocycles. The first-order valence-electron chi connectivity index (χ1n) is 9.13. The number of rotatable bonds is 4. The van der Waals surface area contributed by atoms with E-state index in [0.717, 1.165) is 40.6 Å². The molecule has 4 rings (SSSR count). The third-order valence-corrected chi connectivity index (χ3v) is 6.06. The molecule has 2 amide bonds. The minimum Gasteiger partial charge on any atom is -0.486 e. The van der Waals surface area contributed by atoms with Crippen LogP contribution in [0.25, 0.3) is 0 Å². The van der Waals surface area contributed by atoms with Crippen LogP contribution in [0.3, 0.4) is 0 Å². The molecule has 27 heavy (non-hydrogen) atoms. The smallest absolute Gasteiger partial charge is 0.326 e. The molecule has 144 valence electrons. The molecular weight excluding hydrogens is 418 g/mol. The number of hydrogen-bond acceptors (Lipinski definition) is 6. The lowest BCUT2D eigenvalue weighted by Gasteiger charge is -2.20. The van der Waals surface area contributed by atoms with Gasteiger partial charge in [-0.25, -0.2) is 0 Å². The molecule has 1 aromatic carbocycles. The van der Waals surface area contributed by atoms with E-state index in [9.17, 15) is 14.4 Å². The van der Waals surface area contributed by atoms with Crippen molar-refractivity contribution in [2.75, 3.05) is 19.8 Å². The van der Waals surface area contributed by atoms with Crippen molar-refractivity contribution < 1.29 is 28.6 Å². The number of ether oxygens (including phenoxy) is 3. The van der Waals surface area contributed by atoms with E-state index in [1.807, 2.05) is 0 Å². The molecule has 3 aliphatic rings. The first-order chi connectivity index (χ1) is 13.0. The highest BCUT2D eigenvalue weighted by molar-refractivity contribution is 9.10. The van der Waals surface area contributed by atoms with E-state index in [1.54, 1.807) is 12.1 Å². The molecule has 2 aliphatic heterocycles. The second kappa shape index (κ2) is 7.50. The fourth-order valence-electron chi connectivity index (χ4n) is 3.94. The first kappa shape index (κ1) is 18.3. The Labute approximate surface area is 165 Å². The summed E-state index contributed by atoms with van der Waals surface area (Å²) in [5.41, 5.74) is 0.723. The summed E-state index contributed by atoms with van der Waals surface area (Å²) >= 11 is 3.43. The van der Waals surface area contributed by atoms with Crippen molar-refractivity contribution in [1.29, 1.82) is 0 Å². The lowest BCUT2D eigenvalue weighted by Crippen LogP contribution is -2.36. The van der Waals surface area contributed by atoms with Crippen LogP contribution in [0.4, 0.5) is 0 Å². The number of imide groups is 1. The van der Waals surface area contributed by atoms with Crippen molar-refractivity contribution in [3.8, 4) is 11.5 Å². The molecule has 2 fully saturated rings. The van der Waals surface area contributed by atoms with E-state index >= 15 is 0 Å². The van der Waals surface area contributed by atoms with Crippen LogP contribution in [0.2, 0.25) is 0 Å². The normalized spacial score (nSPS) is 24.0. The molecule has 2 unspecified atom stereocenters. The topological polar surface area (TPSA) is 82.1 Å². The Bertz CT molecular complexity index is 771. The molecule has 1 saturated carbocycles. The number of benzene rings is 1. The standard InChI is InChI=1S/C19H20BrNO6/c20-14-8-16-15(25-5-6-26-16)7-11(14)10-27-17(22)9-21-18(23)12-3-1-2-4-13(12)19(21)24/h7-8,12-13H,1-6,9-10H2. The van der Waals surface area contributed by atoms with Crippen LogP contribution < -0.4 is 9.47 Å². The van der Waals surface area contributed by atoms with Crippen molar-refractivity contribution in [1.82, 2.24) is 4.90 Å². The van der Waals surface area contributed by atoms with Crippen molar-refractivity contribution in [3.05, 3.63) is 22.2 Å². The summed E-state index contributed by atoms with van der Waals surface area (Å²) in [6, 6.07) is 3.53. The van der Waals surface area contributed by atoms with Gasteiger partial charge in [0, 0.05) is 10.0 Å². The van der Waals surface area contributed by atoms with Gasteiger partial charge in [-0.15, -0.1) is 0 Å². The van der Waals surface area contributed by atoms with Gasteiger partial charge in [0.1, 0.15) is 26.4 Å². The van der Waals surface area contributed by atoms with Crippen molar-refractivity contribution in [2.45, 2.75) is 32.3 Å². The minimum absolute atomic E-state index is 0.0130. The van der Waals surface area contributed by atoms with Gasteiger partial charge in [0.2, 0.25) is 11.8 Å². The van der Waals surface area contributed by atoms with Gasteiger partial charge >= 0.3 is 5.97 Å². The second-order valence-electron chi connectivity index (χ2n) is 7.01. The number of halogens is 1. The number of amides is 2. The van der Waals surface area contributed by atoms with Gasteiger partial charge in [0.15, 0.2) is 11.5 Å². The van der Waals surface area contributed by atoms with E-state index in [-0.39, 0.29) is 36.8 Å². The summed E-state index contributed by atoms with van der Waals surface area (Å²) in [6.07, 6.45) is 3.36. The third-order valence-electron chi connectivity index (χ3n) is 5.32. The highest BCUT2D eigenvalue weighted by Gasteiger charge is 2.48. The largest absolute Gasteiger partial charge is 0.486 e. The number of esters is 1. The maximum atomic E-state index is 12.4. The van der Waals surface area contributed by atoms with E-state index in [4.69, 9.17) is 14.2 Å². The second-order valence-corrected chi connectivity index (χ2v) is 7.86. The van der Waals surface area contributed by atoms with Gasteiger partial charge in [-0.1, -0.05) is 28.8 Å². The van der Waals surface area contributed by atoms with Gasteiger partial charge in [0.25, 0.3) is 0 Å². The SMILES string of the molecule is O=C(CN1C(=O)C2CCCCC2C1=O)OCc1cc2c(cc1Br)OCCO2. The highest BCUT2D eigenvalue weighted by atomic mass is 79.9. The maximum absolute atomic E-state index is 12.4. The van der Waals surface area contributed by atoms with Gasteiger partial charge < -0.3 is 14.2 Å². The Hall–Kier alpha value is -2.09. The van der Waals surface area contributed by atoms with Gasteiger partial charge in [0.05, 0.1) is 11.8 Å². The molecule has 0 radical (unpaired) electrons. The van der Waals surface area contributed by atoms with Crippen LogP contribution in [-0.2, 0) is 25.7 Å². The van der Waals surface area contributed by atoms with Crippen LogP contribution in [0, 0.1) is 11.8 Å². The van der Waals surface area contributed by atoms with Gasteiger partial charge in [-0.3, -0.25) is 19.3 Å². The van der Waals surface area contributed by atoms with E-state index < -0.39 is 5.97 Å². The number of carbonyl (C=O) groups excluding carboxylic acids is 3. The number of carbonyl (C=O) groups is 3. The van der Waals surface area contributed by atoms with E-state index in [2.05, 4.69) is 15.9 Å². The first-order valence-corrected chi connectivity index (χ1v) is 9.93. The molecule has 2 atom stereocenters. The zero-order chi connectivity index (χ0) is 19.0. The molecule has 0 spiro atoms. The van der Waals surface area contributed by atoms with Crippen molar-refractivity contribution >= 4 is 33.7 Å². The van der Waals surface area contributed by atoms with Crippen LogP contribution in [-0.4, -0.2) is 42.4 Å². The van der Waals surface area contributed by atoms with Gasteiger partial charge in [-0.2, -0.15) is 0 Å². The summed E-state index contributed by atoms with van der Waals surface area (Å²) in [7, 11) is 0. The van der Waals surface area contributed by atoms with E-state index in [1.165, 1.54) is 0 Å². The summed E-state index contributed by atoms with van der Waals surface area (Å²) in [4.78, 5) is 38.2. The lowest BCUT2D eigenvalue weighted by molar-refractivity contribution is -0.153. The van der Waals surface area contributed by atoms with Crippen LogP contribution >= 0.6 is 15.9 Å². The summed E-state index contributed by atoms with van der Waals surface area (Å²) in [5, 5.41) is 0. The highest BCUT2D eigenvalue weighted by Crippen LogP contribution is 2.38. The Balaban J connectivity index is 1.37. The number of hydrogen-bond donors (Lipinski definition) is 0. The quantitative estimate of drug-likeness (QED) is 0.531. The molecule has 1 saturated heterocycles. The Morgan fingerprint density at radius 3 is 2.30 bits per heavy atom. The molecule has 0 N–H and O–H groups in total. The number of nitrogens with zero attached hydrogens (tertiary/aromatic N) is 1. The average molecular weight is 438 g/mol. The third kappa shape index (κ3) is 3.54. The van der Waals surface area contributed by atoms with Gasteiger partial charge in [-0.05, 0) is 25.0 Å². The lowest BCUT2D eigenvalue weighted by atomic mass is 9.81. The number of fused-ring (bicyclic) bond motifs is 2. The average Bonchev–Trinajstić information content (AvgIpc) is 2.91. The predicted octanol–water partition coefficient (Wildman–Crippen LogP) is 2.44. The van der Waals surface area contributed by atoms with Crippen LogP contribution in [0.15, 0.2) is 16.6 Å². The summed E-state index contributed by atoms with van der Waals surface area (Å²) in [5.74, 6) is -0.345. The molecule has 0 bridgehead atoms. The summed E-state index contributed by atoms with van der Waals surface area (Å²) in [6.45, 7) is 0.648. The minimum atomic E-state index is -0.600. The Morgan fingerprint density at radius 2 is 1.67 bits per heavy atom. The van der Waals surface area contributed by atoms with Crippen LogP contribution in [0.5, 0.6) is 11.5 Å². The molecule has 1 aromatic rings. The zero-order valence-corrected chi connectivity index (χ0v) is 16.3. The Kier molecular flexibility index (Phi) is 5.08. The van der Waals surface area contributed by atoms with Crippen molar-refractivity contribution in [2.24, 2.45) is 11.8 Å². The zero-order valence-electron chi connectivity index (χ0n) is 14.7. The fourth-order valence-corrected chi connectivity index (χ4v) is 4.37. The van der Waals surface area contributed by atoms with E-state index in [0.29, 0.717) is 24.7 Å². The molecular formula is C19H20BrNO6. The fraction of sp³-hybridized carbons (Fsp3) is 0.526. The molecule has 2 heterocycles. The summed E-state index contributed by atoms with van der Waals surface area (Å²) < 4.78 is 17.1. The molecule has 7 nitrogen and oxygen atoms in total. The predicted molar refractivity (Wildman–Crippen MR) is 97.1 cm³/mol. The number of likely N-dealkylation sites (tertiary alicyclic amines) is 1. The van der Waals surface area contributed by atoms with Crippen LogP contribution in [0.1, 0.15) is 31.2 Å². The maximum Gasteiger partial charge on any atom is 0.326 e.